The highest BCUT2D eigenvalue weighted by molar-refractivity contribution is 6.16. The van der Waals surface area contributed by atoms with Crippen LogP contribution in [0, 0.1) is 11.2 Å². The smallest absolute Gasteiger partial charge is 0.247 e. The Hall–Kier alpha value is -4.66. The first-order valence-corrected chi connectivity index (χ1v) is 11.5. The Labute approximate surface area is 212 Å². The summed E-state index contributed by atoms with van der Waals surface area (Å²) in [5.74, 6) is 0.612. The van der Waals surface area contributed by atoms with Crippen LogP contribution in [0.2, 0.25) is 0 Å². The van der Waals surface area contributed by atoms with Crippen LogP contribution in [-0.2, 0) is 9.59 Å². The molecule has 3 aromatic carbocycles. The maximum absolute atomic E-state index is 13.6. The summed E-state index contributed by atoms with van der Waals surface area (Å²) in [4.78, 5) is 31.3. The Morgan fingerprint density at radius 1 is 0.892 bits per heavy atom. The molecule has 8 nitrogen and oxygen atoms in total. The van der Waals surface area contributed by atoms with Crippen LogP contribution in [0.25, 0.3) is 10.9 Å². The standard InChI is InChI=1S/C28H24FN3O5/c1-35-24-15-21-22(16-25(24)36-2)31-14-11-23(21)37-20-9-7-19(8-10-20)32(18-5-3-17(29)4-6-18)27(34)28(12-13-28)26(30)33/h3-11,14-16H,12-13H2,1-2H3,(H2,30,33). The van der Waals surface area contributed by atoms with Crippen LogP contribution in [-0.4, -0.2) is 31.0 Å². The highest BCUT2D eigenvalue weighted by atomic mass is 19.1. The van der Waals surface area contributed by atoms with Crippen LogP contribution in [0.15, 0.2) is 72.9 Å². The molecular formula is C28H24FN3O5. The first-order valence-electron chi connectivity index (χ1n) is 11.5. The van der Waals surface area contributed by atoms with Crippen LogP contribution < -0.4 is 24.8 Å². The molecule has 2 N–H and O–H groups in total. The van der Waals surface area contributed by atoms with Gasteiger partial charge in [-0.15, -0.1) is 0 Å². The Balaban J connectivity index is 1.48. The molecule has 1 heterocycles. The van der Waals surface area contributed by atoms with E-state index in [1.54, 1.807) is 62.9 Å². The average Bonchev–Trinajstić information content (AvgIpc) is 3.73. The molecule has 188 valence electrons. The number of ether oxygens (including phenoxy) is 3. The number of anilines is 2. The van der Waals surface area contributed by atoms with E-state index in [1.807, 2.05) is 0 Å². The second-order valence-electron chi connectivity index (χ2n) is 8.69. The number of carbonyl (C=O) groups is 2. The van der Waals surface area contributed by atoms with Gasteiger partial charge in [0.25, 0.3) is 0 Å². The number of rotatable bonds is 8. The first kappa shape index (κ1) is 24.1. The average molecular weight is 502 g/mol. The van der Waals surface area contributed by atoms with Crippen molar-refractivity contribution in [1.82, 2.24) is 4.98 Å². The van der Waals surface area contributed by atoms with E-state index in [4.69, 9.17) is 19.9 Å². The minimum atomic E-state index is -1.25. The van der Waals surface area contributed by atoms with Gasteiger partial charge in [-0.3, -0.25) is 19.5 Å². The lowest BCUT2D eigenvalue weighted by atomic mass is 10.0. The first-order chi connectivity index (χ1) is 17.9. The number of halogens is 1. The molecule has 0 atom stereocenters. The van der Waals surface area contributed by atoms with Gasteiger partial charge in [-0.25, -0.2) is 4.39 Å². The number of nitrogens with two attached hydrogens (primary N) is 1. The molecule has 5 rings (SSSR count). The highest BCUT2D eigenvalue weighted by Gasteiger charge is 2.57. The maximum Gasteiger partial charge on any atom is 0.247 e. The van der Waals surface area contributed by atoms with E-state index in [0.29, 0.717) is 52.7 Å². The summed E-state index contributed by atoms with van der Waals surface area (Å²) in [5.41, 5.74) is 5.89. The van der Waals surface area contributed by atoms with Gasteiger partial charge in [-0.1, -0.05) is 0 Å². The molecule has 37 heavy (non-hydrogen) atoms. The molecule has 0 radical (unpaired) electrons. The Morgan fingerprint density at radius 3 is 2.05 bits per heavy atom. The largest absolute Gasteiger partial charge is 0.493 e. The Bertz CT molecular complexity index is 1480. The lowest BCUT2D eigenvalue weighted by Gasteiger charge is -2.26. The summed E-state index contributed by atoms with van der Waals surface area (Å²) in [6.07, 6.45) is 2.39. The van der Waals surface area contributed by atoms with E-state index in [2.05, 4.69) is 4.98 Å². The second-order valence-corrected chi connectivity index (χ2v) is 8.69. The van der Waals surface area contributed by atoms with Gasteiger partial charge in [0.2, 0.25) is 11.8 Å². The predicted octanol–water partition coefficient (Wildman–Crippen LogP) is 5.11. The topological polar surface area (TPSA) is 104 Å². The SMILES string of the molecule is COc1cc2nccc(Oc3ccc(N(C(=O)C4(C(N)=O)CC4)c4ccc(F)cc4)cc3)c2cc1OC. The zero-order chi connectivity index (χ0) is 26.2. The van der Waals surface area contributed by atoms with Crippen LogP contribution in [0.3, 0.4) is 0 Å². The number of hydrogen-bond acceptors (Lipinski definition) is 6. The van der Waals surface area contributed by atoms with Crippen molar-refractivity contribution < 1.29 is 28.2 Å². The zero-order valence-electron chi connectivity index (χ0n) is 20.2. The third kappa shape index (κ3) is 4.40. The van der Waals surface area contributed by atoms with Gasteiger partial charge in [-0.2, -0.15) is 0 Å². The molecule has 0 saturated heterocycles. The fourth-order valence-electron chi connectivity index (χ4n) is 4.21. The number of benzene rings is 3. The van der Waals surface area contributed by atoms with Gasteiger partial charge in [0.05, 0.1) is 19.7 Å². The van der Waals surface area contributed by atoms with Crippen molar-refractivity contribution >= 4 is 34.1 Å². The second kappa shape index (κ2) is 9.42. The third-order valence-electron chi connectivity index (χ3n) is 6.45. The fraction of sp³-hybridized carbons (Fsp3) is 0.179. The molecule has 4 aromatic rings. The summed E-state index contributed by atoms with van der Waals surface area (Å²) < 4.78 is 30.5. The molecule has 0 spiro atoms. The summed E-state index contributed by atoms with van der Waals surface area (Å²) in [7, 11) is 3.11. The molecule has 2 amide bonds. The lowest BCUT2D eigenvalue weighted by molar-refractivity contribution is -0.133. The van der Waals surface area contributed by atoms with Crippen molar-refractivity contribution in [2.45, 2.75) is 12.8 Å². The lowest BCUT2D eigenvalue weighted by Crippen LogP contribution is -2.41. The van der Waals surface area contributed by atoms with Gasteiger partial charge in [-0.05, 0) is 73.5 Å². The molecular weight excluding hydrogens is 477 g/mol. The number of carbonyl (C=O) groups excluding carboxylic acids is 2. The number of fused-ring (bicyclic) bond motifs is 1. The van der Waals surface area contributed by atoms with E-state index < -0.39 is 23.0 Å². The Kier molecular flexibility index (Phi) is 6.12. The molecule has 1 fully saturated rings. The van der Waals surface area contributed by atoms with Crippen molar-refractivity contribution in [2.75, 3.05) is 19.1 Å². The van der Waals surface area contributed by atoms with Crippen molar-refractivity contribution in [3.63, 3.8) is 0 Å². The normalized spacial score (nSPS) is 13.6. The minimum Gasteiger partial charge on any atom is -0.493 e. The fourth-order valence-corrected chi connectivity index (χ4v) is 4.21. The number of hydrogen-bond donors (Lipinski definition) is 1. The van der Waals surface area contributed by atoms with Crippen LogP contribution in [0.4, 0.5) is 15.8 Å². The van der Waals surface area contributed by atoms with E-state index >= 15 is 0 Å². The van der Waals surface area contributed by atoms with Gasteiger partial charge >= 0.3 is 0 Å². The van der Waals surface area contributed by atoms with Crippen LogP contribution in [0.5, 0.6) is 23.0 Å². The number of methoxy groups -OCH3 is 2. The molecule has 0 unspecified atom stereocenters. The summed E-state index contributed by atoms with van der Waals surface area (Å²) in [6, 6.07) is 17.6. The Morgan fingerprint density at radius 2 is 1.49 bits per heavy atom. The molecule has 0 aliphatic heterocycles. The van der Waals surface area contributed by atoms with E-state index in [1.165, 1.54) is 29.2 Å². The van der Waals surface area contributed by atoms with E-state index in [-0.39, 0.29) is 0 Å². The van der Waals surface area contributed by atoms with Gasteiger partial charge in [0.1, 0.15) is 22.7 Å². The summed E-state index contributed by atoms with van der Waals surface area (Å²) >= 11 is 0. The van der Waals surface area contributed by atoms with E-state index in [9.17, 15) is 14.0 Å². The zero-order valence-corrected chi connectivity index (χ0v) is 20.2. The number of amides is 2. The maximum atomic E-state index is 13.6. The van der Waals surface area contributed by atoms with Crippen LogP contribution >= 0.6 is 0 Å². The molecule has 1 aliphatic carbocycles. The molecule has 1 saturated carbocycles. The van der Waals surface area contributed by atoms with Gasteiger partial charge < -0.3 is 19.9 Å². The van der Waals surface area contributed by atoms with Crippen molar-refractivity contribution in [3.8, 4) is 23.0 Å². The summed E-state index contributed by atoms with van der Waals surface area (Å²) in [6.45, 7) is 0. The summed E-state index contributed by atoms with van der Waals surface area (Å²) in [5, 5.41) is 0.726. The molecule has 9 heteroatoms. The number of primary amides is 1. The quantitative estimate of drug-likeness (QED) is 0.337. The highest BCUT2D eigenvalue weighted by Crippen LogP contribution is 2.49. The number of nitrogens with zero attached hydrogens (tertiary/aromatic N) is 2. The molecule has 1 aliphatic rings. The molecule has 1 aromatic heterocycles. The number of aromatic nitrogens is 1. The third-order valence-corrected chi connectivity index (χ3v) is 6.45. The minimum absolute atomic E-state index is 0.378. The van der Waals surface area contributed by atoms with Gasteiger partial charge in [0.15, 0.2) is 11.5 Å². The number of pyridine rings is 1. The van der Waals surface area contributed by atoms with Crippen molar-refractivity contribution in [3.05, 3.63) is 78.7 Å². The van der Waals surface area contributed by atoms with Crippen molar-refractivity contribution in [2.24, 2.45) is 11.1 Å². The van der Waals surface area contributed by atoms with E-state index in [0.717, 1.165) is 5.39 Å². The monoisotopic (exact) mass is 501 g/mol. The van der Waals surface area contributed by atoms with Gasteiger partial charge in [0, 0.05) is 29.0 Å². The molecule has 0 bridgehead atoms. The van der Waals surface area contributed by atoms with Crippen molar-refractivity contribution in [1.29, 1.82) is 0 Å². The van der Waals surface area contributed by atoms with Crippen LogP contribution in [0.1, 0.15) is 12.8 Å². The predicted molar refractivity (Wildman–Crippen MR) is 136 cm³/mol.